The number of nitrogens with zero attached hydrogens (tertiary/aromatic N) is 1. The van der Waals surface area contributed by atoms with Crippen LogP contribution in [0.25, 0.3) is 11.0 Å². The minimum atomic E-state index is -0.460. The first-order chi connectivity index (χ1) is 7.69. The predicted octanol–water partition coefficient (Wildman–Crippen LogP) is 2.12. The number of H-pyrrole nitrogens is 1. The van der Waals surface area contributed by atoms with Gasteiger partial charge >= 0.3 is 5.97 Å². The smallest absolute Gasteiger partial charge is 0.343 e. The van der Waals surface area contributed by atoms with Gasteiger partial charge in [-0.15, -0.1) is 0 Å². The molecule has 6 heteroatoms. The summed E-state index contributed by atoms with van der Waals surface area (Å²) in [7, 11) is 2.82. The van der Waals surface area contributed by atoms with E-state index in [0.717, 1.165) is 4.47 Å². The number of hydrogen-bond donors (Lipinski definition) is 1. The summed E-state index contributed by atoms with van der Waals surface area (Å²) in [5.41, 5.74) is 1.61. The Morgan fingerprint density at radius 1 is 1.50 bits per heavy atom. The van der Waals surface area contributed by atoms with Gasteiger partial charge < -0.3 is 14.5 Å². The number of nitrogens with one attached hydrogen (secondary N) is 1. The maximum absolute atomic E-state index is 11.7. The zero-order chi connectivity index (χ0) is 11.7. The Morgan fingerprint density at radius 3 is 2.88 bits per heavy atom. The second-order valence-corrected chi connectivity index (χ2v) is 3.91. The van der Waals surface area contributed by atoms with Crippen molar-refractivity contribution in [1.82, 2.24) is 9.97 Å². The van der Waals surface area contributed by atoms with Crippen molar-refractivity contribution in [1.29, 1.82) is 0 Å². The molecule has 2 aromatic rings. The van der Waals surface area contributed by atoms with Crippen molar-refractivity contribution in [2.45, 2.75) is 0 Å². The van der Waals surface area contributed by atoms with Crippen molar-refractivity contribution in [2.24, 2.45) is 0 Å². The zero-order valence-electron chi connectivity index (χ0n) is 8.70. The number of aromatic nitrogens is 2. The maximum Gasteiger partial charge on any atom is 0.343 e. The van der Waals surface area contributed by atoms with Crippen LogP contribution in [0.3, 0.4) is 0 Å². The molecule has 0 saturated heterocycles. The number of ether oxygens (including phenoxy) is 2. The summed E-state index contributed by atoms with van der Waals surface area (Å²) in [5.74, 6) is -0.0194. The van der Waals surface area contributed by atoms with E-state index in [0.29, 0.717) is 22.3 Å². The minimum absolute atomic E-state index is 0.348. The normalized spacial score (nSPS) is 10.4. The number of halogens is 1. The van der Waals surface area contributed by atoms with Crippen molar-refractivity contribution in [3.05, 3.63) is 22.4 Å². The van der Waals surface area contributed by atoms with Gasteiger partial charge in [-0.1, -0.05) is 0 Å². The van der Waals surface area contributed by atoms with Gasteiger partial charge in [0.1, 0.15) is 16.8 Å². The van der Waals surface area contributed by atoms with Crippen LogP contribution in [-0.4, -0.2) is 30.2 Å². The Morgan fingerprint density at radius 2 is 2.25 bits per heavy atom. The highest BCUT2D eigenvalue weighted by molar-refractivity contribution is 9.10. The molecule has 0 radical (unpaired) electrons. The maximum atomic E-state index is 11.7. The first-order valence-corrected chi connectivity index (χ1v) is 5.26. The van der Waals surface area contributed by atoms with Crippen LogP contribution < -0.4 is 4.74 Å². The molecular formula is C10H9BrN2O3. The van der Waals surface area contributed by atoms with Crippen LogP contribution in [0.15, 0.2) is 16.9 Å². The fourth-order valence-corrected chi connectivity index (χ4v) is 2.02. The summed E-state index contributed by atoms with van der Waals surface area (Å²) >= 11 is 3.36. The number of benzene rings is 1. The molecule has 0 unspecified atom stereocenters. The van der Waals surface area contributed by atoms with Crippen LogP contribution in [-0.2, 0) is 4.74 Å². The van der Waals surface area contributed by atoms with Crippen molar-refractivity contribution >= 4 is 32.9 Å². The molecule has 2 rings (SSSR count). The van der Waals surface area contributed by atoms with E-state index in [-0.39, 0.29) is 0 Å². The molecule has 0 spiro atoms. The largest absolute Gasteiger partial charge is 0.496 e. The molecule has 0 bridgehead atoms. The van der Waals surface area contributed by atoms with E-state index in [4.69, 9.17) is 9.47 Å². The van der Waals surface area contributed by atoms with Crippen LogP contribution in [0.4, 0.5) is 0 Å². The van der Waals surface area contributed by atoms with E-state index in [9.17, 15) is 4.79 Å². The van der Waals surface area contributed by atoms with E-state index in [1.807, 2.05) is 0 Å². The van der Waals surface area contributed by atoms with Gasteiger partial charge in [0.15, 0.2) is 0 Å². The molecule has 84 valence electrons. The molecule has 1 N–H and O–H groups in total. The monoisotopic (exact) mass is 284 g/mol. The SMILES string of the molecule is COC(=O)c1c(OC)cc(Br)c2nc[nH]c12. The van der Waals surface area contributed by atoms with E-state index in [1.54, 1.807) is 6.07 Å². The zero-order valence-corrected chi connectivity index (χ0v) is 10.3. The quantitative estimate of drug-likeness (QED) is 0.858. The number of carbonyl (C=O) groups is 1. The van der Waals surface area contributed by atoms with E-state index in [1.165, 1.54) is 20.5 Å². The molecule has 0 amide bonds. The number of aromatic amines is 1. The number of hydrogen-bond acceptors (Lipinski definition) is 4. The average Bonchev–Trinajstić information content (AvgIpc) is 2.77. The van der Waals surface area contributed by atoms with E-state index < -0.39 is 5.97 Å². The van der Waals surface area contributed by atoms with Gasteiger partial charge in [-0.05, 0) is 22.0 Å². The summed E-state index contributed by atoms with van der Waals surface area (Å²) in [6.45, 7) is 0. The fraction of sp³-hybridized carbons (Fsp3) is 0.200. The Balaban J connectivity index is 2.81. The molecule has 0 saturated carbocycles. The number of methoxy groups -OCH3 is 2. The van der Waals surface area contributed by atoms with Gasteiger partial charge in [0.05, 0.1) is 26.1 Å². The molecule has 0 aliphatic carbocycles. The average molecular weight is 285 g/mol. The first-order valence-electron chi connectivity index (χ1n) is 4.47. The number of carbonyl (C=O) groups excluding carboxylic acids is 1. The summed E-state index contributed by atoms with van der Waals surface area (Å²) in [6.07, 6.45) is 1.52. The van der Waals surface area contributed by atoms with Crippen LogP contribution in [0, 0.1) is 0 Å². The molecule has 0 aliphatic heterocycles. The Labute approximate surface area is 99.9 Å². The molecule has 0 atom stereocenters. The first kappa shape index (κ1) is 10.9. The topological polar surface area (TPSA) is 64.2 Å². The second kappa shape index (κ2) is 4.13. The summed E-state index contributed by atoms with van der Waals surface area (Å²) < 4.78 is 10.6. The summed E-state index contributed by atoms with van der Waals surface area (Å²) in [5, 5.41) is 0. The van der Waals surface area contributed by atoms with Crippen LogP contribution in [0.1, 0.15) is 10.4 Å². The molecule has 1 aromatic carbocycles. The number of imidazole rings is 1. The third-order valence-corrected chi connectivity index (χ3v) is 2.83. The highest BCUT2D eigenvalue weighted by atomic mass is 79.9. The predicted molar refractivity (Wildman–Crippen MR) is 61.7 cm³/mol. The molecule has 1 heterocycles. The van der Waals surface area contributed by atoms with Crippen molar-refractivity contribution in [3.63, 3.8) is 0 Å². The van der Waals surface area contributed by atoms with Crippen molar-refractivity contribution in [3.8, 4) is 5.75 Å². The fourth-order valence-electron chi connectivity index (χ4n) is 1.51. The molecule has 5 nitrogen and oxygen atoms in total. The van der Waals surface area contributed by atoms with Gasteiger partial charge in [-0.3, -0.25) is 0 Å². The molecule has 16 heavy (non-hydrogen) atoms. The van der Waals surface area contributed by atoms with E-state index in [2.05, 4.69) is 25.9 Å². The number of rotatable bonds is 2. The molecule has 1 aromatic heterocycles. The van der Waals surface area contributed by atoms with Gasteiger partial charge in [-0.25, -0.2) is 9.78 Å². The lowest BCUT2D eigenvalue weighted by atomic mass is 10.1. The summed E-state index contributed by atoms with van der Waals surface area (Å²) in [4.78, 5) is 18.7. The Kier molecular flexibility index (Phi) is 2.82. The lowest BCUT2D eigenvalue weighted by molar-refractivity contribution is 0.0599. The third kappa shape index (κ3) is 1.55. The van der Waals surface area contributed by atoms with Gasteiger partial charge in [0.2, 0.25) is 0 Å². The minimum Gasteiger partial charge on any atom is -0.496 e. The molecule has 0 aliphatic rings. The van der Waals surface area contributed by atoms with Crippen LogP contribution in [0.2, 0.25) is 0 Å². The number of esters is 1. The van der Waals surface area contributed by atoms with Gasteiger partial charge in [0, 0.05) is 4.47 Å². The standard InChI is InChI=1S/C10H9BrN2O3/c1-15-6-3-5(11)8-9(13-4-12-8)7(6)10(14)16-2/h3-4H,1-2H3,(H,12,13). The highest BCUT2D eigenvalue weighted by Gasteiger charge is 2.20. The molecule has 0 fully saturated rings. The lowest BCUT2D eigenvalue weighted by Gasteiger charge is -2.08. The Hall–Kier alpha value is -1.56. The van der Waals surface area contributed by atoms with E-state index >= 15 is 0 Å². The summed E-state index contributed by atoms with van der Waals surface area (Å²) in [6, 6.07) is 1.69. The Bertz CT molecular complexity index is 550. The second-order valence-electron chi connectivity index (χ2n) is 3.05. The lowest BCUT2D eigenvalue weighted by Crippen LogP contribution is -2.05. The van der Waals surface area contributed by atoms with Crippen LogP contribution >= 0.6 is 15.9 Å². The van der Waals surface area contributed by atoms with Gasteiger partial charge in [0.25, 0.3) is 0 Å². The third-order valence-electron chi connectivity index (χ3n) is 2.23. The van der Waals surface area contributed by atoms with Crippen LogP contribution in [0.5, 0.6) is 5.75 Å². The van der Waals surface area contributed by atoms with Crippen molar-refractivity contribution in [2.75, 3.05) is 14.2 Å². The van der Waals surface area contributed by atoms with Crippen molar-refractivity contribution < 1.29 is 14.3 Å². The van der Waals surface area contributed by atoms with Gasteiger partial charge in [-0.2, -0.15) is 0 Å². The number of fused-ring (bicyclic) bond motifs is 1. The molecular weight excluding hydrogens is 276 g/mol. The highest BCUT2D eigenvalue weighted by Crippen LogP contribution is 2.32.